The van der Waals surface area contributed by atoms with E-state index in [4.69, 9.17) is 4.74 Å². The number of nitrogens with zero attached hydrogens (tertiary/aromatic N) is 3. The Kier molecular flexibility index (Phi) is 6.49. The minimum absolute atomic E-state index is 0.148. The lowest BCUT2D eigenvalue weighted by atomic mass is 10.1. The van der Waals surface area contributed by atoms with Crippen LogP contribution in [-0.2, 0) is 11.3 Å². The highest BCUT2D eigenvalue weighted by Gasteiger charge is 2.26. The van der Waals surface area contributed by atoms with Crippen LogP contribution in [0, 0.1) is 11.3 Å². The van der Waals surface area contributed by atoms with Crippen molar-refractivity contribution in [3.8, 4) is 6.07 Å². The van der Waals surface area contributed by atoms with Gasteiger partial charge >= 0.3 is 11.8 Å². The number of hydrogen-bond acceptors (Lipinski definition) is 6. The summed E-state index contributed by atoms with van der Waals surface area (Å²) in [6.07, 6.45) is 1.04. The number of hydrogen-bond donors (Lipinski definition) is 2. The molecule has 1 fully saturated rings. The molecule has 1 atom stereocenters. The number of aromatic nitrogens is 2. The molecule has 1 saturated heterocycles. The lowest BCUT2D eigenvalue weighted by Crippen LogP contribution is -2.50. The van der Waals surface area contributed by atoms with Crippen LogP contribution < -0.4 is 21.5 Å². The molecule has 0 bridgehead atoms. The molecule has 9 nitrogen and oxygen atoms in total. The van der Waals surface area contributed by atoms with Gasteiger partial charge in [0.15, 0.2) is 0 Å². The number of carbonyl (C=O) groups excluding carboxylic acids is 1. The topological polar surface area (TPSA) is 120 Å². The van der Waals surface area contributed by atoms with E-state index in [1.54, 1.807) is 45.0 Å². The second kappa shape index (κ2) is 9.08. The molecule has 1 aromatic heterocycles. The van der Waals surface area contributed by atoms with Gasteiger partial charge in [-0.1, -0.05) is 18.2 Å². The Labute approximate surface area is 180 Å². The van der Waals surface area contributed by atoms with Crippen LogP contribution in [0.2, 0.25) is 0 Å². The van der Waals surface area contributed by atoms with Crippen molar-refractivity contribution in [2.24, 2.45) is 0 Å². The SMILES string of the molecule is CC(C)(C)OC(=O)N[C@@H]1CCCN(c2cc(=O)[nH]c(=O)n2Cc2ccccc2C#N)C1. The van der Waals surface area contributed by atoms with Crippen molar-refractivity contribution in [1.29, 1.82) is 5.26 Å². The molecule has 164 valence electrons. The van der Waals surface area contributed by atoms with Crippen molar-refractivity contribution in [3.63, 3.8) is 0 Å². The molecule has 3 rings (SSSR count). The van der Waals surface area contributed by atoms with Crippen molar-refractivity contribution in [3.05, 3.63) is 62.3 Å². The van der Waals surface area contributed by atoms with Gasteiger partial charge in [-0.25, -0.2) is 9.59 Å². The molecule has 0 aliphatic carbocycles. The van der Waals surface area contributed by atoms with Crippen LogP contribution in [-0.4, -0.2) is 40.4 Å². The van der Waals surface area contributed by atoms with Gasteiger partial charge in [-0.15, -0.1) is 0 Å². The van der Waals surface area contributed by atoms with Crippen LogP contribution >= 0.6 is 0 Å². The number of anilines is 1. The molecule has 1 aliphatic heterocycles. The fourth-order valence-corrected chi connectivity index (χ4v) is 3.64. The van der Waals surface area contributed by atoms with E-state index >= 15 is 0 Å². The molecule has 1 aromatic carbocycles. The predicted molar refractivity (Wildman–Crippen MR) is 116 cm³/mol. The van der Waals surface area contributed by atoms with Crippen molar-refractivity contribution >= 4 is 11.9 Å². The summed E-state index contributed by atoms with van der Waals surface area (Å²) in [5.41, 5.74) is -0.486. The number of piperidine rings is 1. The molecule has 1 aliphatic rings. The van der Waals surface area contributed by atoms with Crippen LogP contribution in [0.5, 0.6) is 0 Å². The number of amides is 1. The maximum absolute atomic E-state index is 12.6. The van der Waals surface area contributed by atoms with Crippen LogP contribution in [0.3, 0.4) is 0 Å². The maximum Gasteiger partial charge on any atom is 0.407 e. The van der Waals surface area contributed by atoms with E-state index < -0.39 is 22.9 Å². The average molecular weight is 425 g/mol. The fourth-order valence-electron chi connectivity index (χ4n) is 3.64. The molecule has 2 heterocycles. The highest BCUT2D eigenvalue weighted by molar-refractivity contribution is 5.68. The van der Waals surface area contributed by atoms with Crippen molar-refractivity contribution in [2.45, 2.75) is 51.8 Å². The van der Waals surface area contributed by atoms with E-state index in [-0.39, 0.29) is 12.6 Å². The standard InChI is InChI=1S/C22H27N5O4/c1-22(2,3)31-21(30)24-17-9-6-10-26(14-17)19-11-18(28)25-20(29)27(19)13-16-8-5-4-7-15(16)12-23/h4-5,7-8,11,17H,6,9-10,13-14H2,1-3H3,(H,24,30)(H,25,28,29)/t17-/m1/s1. The molecule has 0 unspecified atom stereocenters. The quantitative estimate of drug-likeness (QED) is 0.773. The van der Waals surface area contributed by atoms with Gasteiger partial charge in [-0.2, -0.15) is 5.26 Å². The normalized spacial score (nSPS) is 16.5. The van der Waals surface area contributed by atoms with E-state index in [1.165, 1.54) is 10.6 Å². The number of rotatable bonds is 4. The molecular formula is C22H27N5O4. The maximum atomic E-state index is 12.6. The zero-order chi connectivity index (χ0) is 22.6. The highest BCUT2D eigenvalue weighted by Crippen LogP contribution is 2.20. The summed E-state index contributed by atoms with van der Waals surface area (Å²) in [6, 6.07) is 10.4. The lowest BCUT2D eigenvalue weighted by Gasteiger charge is -2.35. The first-order valence-electron chi connectivity index (χ1n) is 10.2. The van der Waals surface area contributed by atoms with Crippen LogP contribution in [0.1, 0.15) is 44.7 Å². The van der Waals surface area contributed by atoms with Gasteiger partial charge in [0.25, 0.3) is 5.56 Å². The largest absolute Gasteiger partial charge is 0.444 e. The lowest BCUT2D eigenvalue weighted by molar-refractivity contribution is 0.0500. The first-order valence-corrected chi connectivity index (χ1v) is 10.2. The summed E-state index contributed by atoms with van der Waals surface area (Å²) in [4.78, 5) is 41.1. The summed E-state index contributed by atoms with van der Waals surface area (Å²) < 4.78 is 6.79. The summed E-state index contributed by atoms with van der Waals surface area (Å²) in [5, 5.41) is 12.2. The molecule has 31 heavy (non-hydrogen) atoms. The van der Waals surface area contributed by atoms with E-state index in [2.05, 4.69) is 16.4 Å². The van der Waals surface area contributed by atoms with Gasteiger partial charge in [0.1, 0.15) is 11.4 Å². The van der Waals surface area contributed by atoms with E-state index in [0.29, 0.717) is 30.0 Å². The van der Waals surface area contributed by atoms with Crippen molar-refractivity contribution < 1.29 is 9.53 Å². The molecule has 2 N–H and O–H groups in total. The first kappa shape index (κ1) is 22.2. The Morgan fingerprint density at radius 1 is 1.32 bits per heavy atom. The zero-order valence-corrected chi connectivity index (χ0v) is 18.0. The molecule has 0 radical (unpaired) electrons. The summed E-state index contributed by atoms with van der Waals surface area (Å²) >= 11 is 0. The monoisotopic (exact) mass is 425 g/mol. The van der Waals surface area contributed by atoms with Gasteiger partial charge in [0, 0.05) is 25.2 Å². The second-order valence-electron chi connectivity index (χ2n) is 8.58. The highest BCUT2D eigenvalue weighted by atomic mass is 16.6. The number of alkyl carbamates (subject to hydrolysis) is 1. The Bertz CT molecular complexity index is 1110. The molecule has 0 spiro atoms. The Balaban J connectivity index is 1.86. The van der Waals surface area contributed by atoms with Gasteiger partial charge < -0.3 is 15.0 Å². The molecule has 2 aromatic rings. The summed E-state index contributed by atoms with van der Waals surface area (Å²) in [6.45, 7) is 6.61. The van der Waals surface area contributed by atoms with Crippen molar-refractivity contribution in [2.75, 3.05) is 18.0 Å². The van der Waals surface area contributed by atoms with Crippen LogP contribution in [0.15, 0.2) is 39.9 Å². The van der Waals surface area contributed by atoms with E-state index in [9.17, 15) is 19.6 Å². The average Bonchev–Trinajstić information content (AvgIpc) is 2.68. The molecule has 0 saturated carbocycles. The number of carbonyl (C=O) groups is 1. The number of benzene rings is 1. The van der Waals surface area contributed by atoms with E-state index in [1.807, 2.05) is 4.90 Å². The molecule has 9 heteroatoms. The van der Waals surface area contributed by atoms with Crippen molar-refractivity contribution in [1.82, 2.24) is 14.9 Å². The minimum atomic E-state index is -0.597. The number of nitrogens with one attached hydrogen (secondary N) is 2. The van der Waals surface area contributed by atoms with Crippen LogP contribution in [0.4, 0.5) is 10.6 Å². The fraction of sp³-hybridized carbons (Fsp3) is 0.455. The Morgan fingerprint density at radius 3 is 2.77 bits per heavy atom. The summed E-state index contributed by atoms with van der Waals surface area (Å²) in [7, 11) is 0. The summed E-state index contributed by atoms with van der Waals surface area (Å²) in [5.74, 6) is 0.456. The third kappa shape index (κ3) is 5.75. The van der Waals surface area contributed by atoms with Gasteiger partial charge in [-0.3, -0.25) is 14.3 Å². The number of nitriles is 1. The van der Waals surface area contributed by atoms with Gasteiger partial charge in [0.2, 0.25) is 0 Å². The smallest absolute Gasteiger partial charge is 0.407 e. The Hall–Kier alpha value is -3.54. The number of H-pyrrole nitrogens is 1. The molecule has 1 amide bonds. The van der Waals surface area contributed by atoms with Gasteiger partial charge in [-0.05, 0) is 45.2 Å². The second-order valence-corrected chi connectivity index (χ2v) is 8.58. The molecular weight excluding hydrogens is 398 g/mol. The van der Waals surface area contributed by atoms with Crippen LogP contribution in [0.25, 0.3) is 0 Å². The van der Waals surface area contributed by atoms with Gasteiger partial charge in [0.05, 0.1) is 18.2 Å². The Morgan fingerprint density at radius 2 is 2.06 bits per heavy atom. The predicted octanol–water partition coefficient (Wildman–Crippen LogP) is 1.95. The number of aromatic amines is 1. The first-order chi connectivity index (χ1) is 14.7. The third-order valence-corrected chi connectivity index (χ3v) is 4.94. The minimum Gasteiger partial charge on any atom is -0.444 e. The number of ether oxygens (including phenoxy) is 1. The third-order valence-electron chi connectivity index (χ3n) is 4.94. The zero-order valence-electron chi connectivity index (χ0n) is 18.0. The van der Waals surface area contributed by atoms with E-state index in [0.717, 1.165) is 12.8 Å².